The van der Waals surface area contributed by atoms with Crippen molar-refractivity contribution < 1.29 is 9.53 Å². The molecule has 5 nitrogen and oxygen atoms in total. The Morgan fingerprint density at radius 3 is 2.68 bits per heavy atom. The molecule has 0 unspecified atom stereocenters. The van der Waals surface area contributed by atoms with Crippen LogP contribution in [0.25, 0.3) is 10.4 Å². The first-order valence-electron chi connectivity index (χ1n) is 8.07. The topological polar surface area (TPSA) is 64.1 Å². The van der Waals surface area contributed by atoms with E-state index in [4.69, 9.17) is 4.74 Å². The average Bonchev–Trinajstić information content (AvgIpc) is 3.16. The van der Waals surface area contributed by atoms with Gasteiger partial charge in [0, 0.05) is 6.54 Å². The molecule has 0 saturated heterocycles. The molecule has 0 spiro atoms. The van der Waals surface area contributed by atoms with Gasteiger partial charge in [-0.25, -0.2) is 0 Å². The summed E-state index contributed by atoms with van der Waals surface area (Å²) in [6, 6.07) is 17.6. The number of carbonyl (C=O) groups is 1. The Morgan fingerprint density at radius 2 is 1.88 bits per heavy atom. The minimum Gasteiger partial charge on any atom is -0.496 e. The van der Waals surface area contributed by atoms with Crippen molar-refractivity contribution in [2.75, 3.05) is 13.7 Å². The van der Waals surface area contributed by atoms with Crippen molar-refractivity contribution >= 4 is 17.4 Å². The SMILES string of the molecule is COc1ccccc1CCCNC(=O)c1nnsc1-c1ccccc1. The second-order valence-corrected chi connectivity index (χ2v) is 6.24. The molecular weight excluding hydrogens is 334 g/mol. The summed E-state index contributed by atoms with van der Waals surface area (Å²) in [5.41, 5.74) is 2.48. The van der Waals surface area contributed by atoms with Gasteiger partial charge in [0.05, 0.1) is 12.0 Å². The van der Waals surface area contributed by atoms with Crippen LogP contribution in [-0.4, -0.2) is 29.1 Å². The fraction of sp³-hybridized carbons (Fsp3) is 0.211. The molecule has 0 saturated carbocycles. The molecule has 0 radical (unpaired) electrons. The minimum absolute atomic E-state index is 0.187. The fourth-order valence-corrected chi connectivity index (χ4v) is 3.26. The molecule has 3 rings (SSSR count). The standard InChI is InChI=1S/C19H19N3O2S/c1-24-16-12-6-5-8-14(16)11-7-13-20-19(23)17-18(25-22-21-17)15-9-3-2-4-10-15/h2-6,8-10,12H,7,11,13H2,1H3,(H,20,23). The van der Waals surface area contributed by atoms with Gasteiger partial charge < -0.3 is 10.1 Å². The molecular formula is C19H19N3O2S. The Labute approximate surface area is 150 Å². The summed E-state index contributed by atoms with van der Waals surface area (Å²) in [6.07, 6.45) is 1.66. The summed E-state index contributed by atoms with van der Waals surface area (Å²) in [7, 11) is 1.67. The lowest BCUT2D eigenvalue weighted by atomic mass is 10.1. The summed E-state index contributed by atoms with van der Waals surface area (Å²) in [5, 5.41) is 6.92. The number of amides is 1. The van der Waals surface area contributed by atoms with Crippen molar-refractivity contribution in [1.29, 1.82) is 0 Å². The number of nitrogens with one attached hydrogen (secondary N) is 1. The Kier molecular flexibility index (Phi) is 5.74. The molecule has 0 aliphatic carbocycles. The summed E-state index contributed by atoms with van der Waals surface area (Å²) < 4.78 is 9.28. The third-order valence-corrected chi connectivity index (χ3v) is 4.61. The van der Waals surface area contributed by atoms with E-state index in [9.17, 15) is 4.79 Å². The van der Waals surface area contributed by atoms with Crippen LogP contribution in [0.15, 0.2) is 54.6 Å². The normalized spacial score (nSPS) is 10.4. The Bertz CT molecular complexity index is 833. The Morgan fingerprint density at radius 1 is 1.12 bits per heavy atom. The maximum Gasteiger partial charge on any atom is 0.273 e. The van der Waals surface area contributed by atoms with Crippen LogP contribution < -0.4 is 10.1 Å². The molecule has 2 aromatic carbocycles. The average molecular weight is 353 g/mol. The molecule has 1 aromatic heterocycles. The number of hydrogen-bond donors (Lipinski definition) is 1. The van der Waals surface area contributed by atoms with E-state index >= 15 is 0 Å². The third-order valence-electron chi connectivity index (χ3n) is 3.84. The van der Waals surface area contributed by atoms with E-state index in [-0.39, 0.29) is 5.91 Å². The van der Waals surface area contributed by atoms with Crippen molar-refractivity contribution in [2.24, 2.45) is 0 Å². The summed E-state index contributed by atoms with van der Waals surface area (Å²) in [6.45, 7) is 0.572. The first-order chi connectivity index (χ1) is 12.3. The van der Waals surface area contributed by atoms with Crippen LogP contribution in [0.2, 0.25) is 0 Å². The number of ether oxygens (including phenoxy) is 1. The molecule has 1 amide bonds. The van der Waals surface area contributed by atoms with E-state index < -0.39 is 0 Å². The van der Waals surface area contributed by atoms with E-state index in [0.717, 1.165) is 34.6 Å². The van der Waals surface area contributed by atoms with Crippen LogP contribution in [-0.2, 0) is 6.42 Å². The minimum atomic E-state index is -0.187. The molecule has 0 aliphatic heterocycles. The summed E-state index contributed by atoms with van der Waals surface area (Å²) >= 11 is 1.23. The maximum atomic E-state index is 12.4. The van der Waals surface area contributed by atoms with Gasteiger partial charge >= 0.3 is 0 Å². The van der Waals surface area contributed by atoms with Crippen LogP contribution in [0.1, 0.15) is 22.5 Å². The van der Waals surface area contributed by atoms with E-state index in [0.29, 0.717) is 12.2 Å². The maximum absolute atomic E-state index is 12.4. The molecule has 0 atom stereocenters. The van der Waals surface area contributed by atoms with Gasteiger partial charge in [0.25, 0.3) is 5.91 Å². The van der Waals surface area contributed by atoms with Crippen molar-refractivity contribution in [3.8, 4) is 16.2 Å². The number of nitrogens with zero attached hydrogens (tertiary/aromatic N) is 2. The van der Waals surface area contributed by atoms with E-state index in [1.807, 2.05) is 54.6 Å². The van der Waals surface area contributed by atoms with Gasteiger partial charge in [0.15, 0.2) is 5.69 Å². The van der Waals surface area contributed by atoms with Gasteiger partial charge in [-0.1, -0.05) is 53.0 Å². The first-order valence-corrected chi connectivity index (χ1v) is 8.85. The number of benzene rings is 2. The molecule has 0 bridgehead atoms. The molecule has 6 heteroatoms. The zero-order valence-corrected chi connectivity index (χ0v) is 14.8. The van der Waals surface area contributed by atoms with Crippen LogP contribution in [0, 0.1) is 0 Å². The molecule has 1 heterocycles. The van der Waals surface area contributed by atoms with Crippen LogP contribution in [0.5, 0.6) is 5.75 Å². The molecule has 1 N–H and O–H groups in total. The zero-order chi connectivity index (χ0) is 17.5. The highest BCUT2D eigenvalue weighted by molar-refractivity contribution is 7.09. The fourth-order valence-electron chi connectivity index (χ4n) is 2.59. The summed E-state index contributed by atoms with van der Waals surface area (Å²) in [4.78, 5) is 13.2. The summed E-state index contributed by atoms with van der Waals surface area (Å²) in [5.74, 6) is 0.691. The van der Waals surface area contributed by atoms with Gasteiger partial charge in [-0.3, -0.25) is 4.79 Å². The number of rotatable bonds is 7. The lowest BCUT2D eigenvalue weighted by molar-refractivity contribution is 0.0949. The largest absolute Gasteiger partial charge is 0.496 e. The van der Waals surface area contributed by atoms with Gasteiger partial charge in [0.2, 0.25) is 0 Å². The highest BCUT2D eigenvalue weighted by Gasteiger charge is 2.17. The molecule has 0 aliphatic rings. The molecule has 0 fully saturated rings. The number of para-hydroxylation sites is 1. The smallest absolute Gasteiger partial charge is 0.273 e. The Balaban J connectivity index is 1.56. The van der Waals surface area contributed by atoms with Crippen molar-refractivity contribution in [2.45, 2.75) is 12.8 Å². The second kappa shape index (κ2) is 8.39. The predicted octanol–water partition coefficient (Wildman–Crippen LogP) is 3.58. The molecule has 3 aromatic rings. The number of hydrogen-bond acceptors (Lipinski definition) is 5. The van der Waals surface area contributed by atoms with Crippen LogP contribution in [0.4, 0.5) is 0 Å². The van der Waals surface area contributed by atoms with Crippen LogP contribution in [0.3, 0.4) is 0 Å². The number of methoxy groups -OCH3 is 1. The number of aryl methyl sites for hydroxylation is 1. The van der Waals surface area contributed by atoms with Crippen LogP contribution >= 0.6 is 11.5 Å². The number of carbonyl (C=O) groups excluding carboxylic acids is 1. The quantitative estimate of drug-likeness (QED) is 0.660. The highest BCUT2D eigenvalue weighted by atomic mass is 32.1. The first kappa shape index (κ1) is 17.1. The lowest BCUT2D eigenvalue weighted by Crippen LogP contribution is -2.25. The van der Waals surface area contributed by atoms with Crippen molar-refractivity contribution in [1.82, 2.24) is 14.9 Å². The zero-order valence-electron chi connectivity index (χ0n) is 13.9. The van der Waals surface area contributed by atoms with E-state index in [1.54, 1.807) is 7.11 Å². The van der Waals surface area contributed by atoms with E-state index in [1.165, 1.54) is 11.5 Å². The van der Waals surface area contributed by atoms with Gasteiger partial charge in [-0.15, -0.1) is 5.10 Å². The monoisotopic (exact) mass is 353 g/mol. The Hall–Kier alpha value is -2.73. The molecule has 128 valence electrons. The second-order valence-electron chi connectivity index (χ2n) is 5.49. The van der Waals surface area contributed by atoms with Crippen molar-refractivity contribution in [3.63, 3.8) is 0 Å². The van der Waals surface area contributed by atoms with Gasteiger partial charge in [-0.2, -0.15) is 0 Å². The van der Waals surface area contributed by atoms with Crippen molar-refractivity contribution in [3.05, 3.63) is 65.9 Å². The lowest BCUT2D eigenvalue weighted by Gasteiger charge is -2.08. The van der Waals surface area contributed by atoms with E-state index in [2.05, 4.69) is 14.9 Å². The predicted molar refractivity (Wildman–Crippen MR) is 99.0 cm³/mol. The van der Waals surface area contributed by atoms with Gasteiger partial charge in [0.1, 0.15) is 5.75 Å². The third kappa shape index (κ3) is 4.22. The number of aromatic nitrogens is 2. The molecule has 25 heavy (non-hydrogen) atoms. The highest BCUT2D eigenvalue weighted by Crippen LogP contribution is 2.25. The van der Waals surface area contributed by atoms with Gasteiger partial charge in [-0.05, 0) is 41.6 Å².